The average molecular weight is 652 g/mol. The van der Waals surface area contributed by atoms with Gasteiger partial charge in [-0.05, 0) is 124 Å². The number of aliphatic hydroxyl groups excluding tert-OH is 1. The van der Waals surface area contributed by atoms with Crippen LogP contribution in [-0.2, 0) is 17.2 Å². The number of phenolic OH excluding ortho intramolecular Hbond substituents is 1. The first-order chi connectivity index (χ1) is 20.7. The van der Waals surface area contributed by atoms with Gasteiger partial charge in [-0.3, -0.25) is 9.11 Å². The predicted octanol–water partition coefficient (Wildman–Crippen LogP) is 7.73. The molecule has 1 heterocycles. The van der Waals surface area contributed by atoms with Crippen molar-refractivity contribution < 1.29 is 40.8 Å². The Balaban J connectivity index is 1.12. The van der Waals surface area contributed by atoms with E-state index in [0.29, 0.717) is 23.5 Å². The molecule has 0 radical (unpaired) electrons. The third kappa shape index (κ3) is 6.99. The molecule has 0 amide bonds. The summed E-state index contributed by atoms with van der Waals surface area (Å²) in [6, 6.07) is 3.03. The van der Waals surface area contributed by atoms with Gasteiger partial charge in [0.05, 0.1) is 6.10 Å². The zero-order valence-electron chi connectivity index (χ0n) is 25.6. The summed E-state index contributed by atoms with van der Waals surface area (Å²) in [6.07, 6.45) is 2.34. The van der Waals surface area contributed by atoms with Gasteiger partial charge in [0.1, 0.15) is 11.6 Å². The fraction of sp³-hybridized carbons (Fsp3) is 0.818. The molecular weight excluding hydrogens is 604 g/mol. The molecule has 3 aliphatic carbocycles. The van der Waals surface area contributed by atoms with Crippen LogP contribution in [0.1, 0.15) is 101 Å². The maximum atomic E-state index is 15.2. The third-order valence-electron chi connectivity index (χ3n) is 11.6. The van der Waals surface area contributed by atoms with Crippen molar-refractivity contribution in [3.05, 3.63) is 29.1 Å². The molecule has 2 saturated carbocycles. The number of aromatic hydroxyl groups is 1. The number of hydrogen-bond acceptors (Lipinski definition) is 4. The van der Waals surface area contributed by atoms with E-state index >= 15 is 4.39 Å². The van der Waals surface area contributed by atoms with E-state index in [2.05, 4.69) is 11.8 Å². The van der Waals surface area contributed by atoms with Gasteiger partial charge < -0.3 is 10.2 Å². The minimum absolute atomic E-state index is 0.0317. The number of phenols is 1. The first kappa shape index (κ1) is 34.0. The van der Waals surface area contributed by atoms with Crippen LogP contribution in [0.4, 0.5) is 26.3 Å². The van der Waals surface area contributed by atoms with Crippen LogP contribution in [-0.4, -0.2) is 68.2 Å². The molecule has 8 atom stereocenters. The van der Waals surface area contributed by atoms with Gasteiger partial charge in [-0.1, -0.05) is 19.8 Å². The highest BCUT2D eigenvalue weighted by atomic mass is 32.2. The maximum Gasteiger partial charge on any atom is 0.453 e. The van der Waals surface area contributed by atoms with Crippen molar-refractivity contribution in [1.29, 1.82) is 0 Å². The number of likely N-dealkylation sites (tertiary alicyclic amines) is 1. The van der Waals surface area contributed by atoms with Crippen LogP contribution in [0.3, 0.4) is 0 Å². The minimum Gasteiger partial charge on any atom is -0.508 e. The first-order valence-electron chi connectivity index (χ1n) is 16.4. The highest BCUT2D eigenvalue weighted by molar-refractivity contribution is 7.85. The van der Waals surface area contributed by atoms with Crippen LogP contribution in [0.5, 0.6) is 5.75 Å². The Morgan fingerprint density at radius 1 is 1.05 bits per heavy atom. The molecule has 2 unspecified atom stereocenters. The number of rotatable bonds is 12. The molecule has 5 rings (SSSR count). The van der Waals surface area contributed by atoms with Crippen molar-refractivity contribution >= 4 is 10.8 Å². The second-order valence-corrected chi connectivity index (χ2v) is 15.8. The summed E-state index contributed by atoms with van der Waals surface area (Å²) in [5.74, 6) is -3.80. The summed E-state index contributed by atoms with van der Waals surface area (Å²) in [4.78, 5) is 2.28. The normalized spacial score (nSPS) is 33.2. The molecule has 0 bridgehead atoms. The Kier molecular flexibility index (Phi) is 10.4. The lowest BCUT2D eigenvalue weighted by molar-refractivity contribution is -0.284. The van der Waals surface area contributed by atoms with Gasteiger partial charge in [-0.25, -0.2) is 4.39 Å². The topological polar surface area (TPSA) is 60.8 Å². The van der Waals surface area contributed by atoms with Crippen molar-refractivity contribution in [2.75, 3.05) is 24.6 Å². The molecule has 250 valence electrons. The lowest BCUT2D eigenvalue weighted by Crippen LogP contribution is -2.47. The fourth-order valence-corrected chi connectivity index (χ4v) is 10.7. The smallest absolute Gasteiger partial charge is 0.453 e. The van der Waals surface area contributed by atoms with Gasteiger partial charge in [-0.2, -0.15) is 22.0 Å². The van der Waals surface area contributed by atoms with Crippen LogP contribution < -0.4 is 0 Å². The number of hydrogen-bond donors (Lipinski definition) is 2. The quantitative estimate of drug-likeness (QED) is 0.180. The number of unbranched alkanes of at least 4 members (excludes halogenated alkanes) is 2. The zero-order valence-corrected chi connectivity index (χ0v) is 26.4. The van der Waals surface area contributed by atoms with E-state index < -0.39 is 35.7 Å². The standard InChI is InChI=1S/C33H47F6NO3S/c1-31-13-11-25-29(26(31)9-10-28(31)42)21(17-22-18-24(41)19-27(34)30(22)25)7-3-2-4-14-40-15-5-8-23(40)20-44(43)16-6-12-32(35,36)33(37,38)39/h18-19,21,23,25-26,28-29,41-42H,2-17,20H2,1H3/t21-,23+,25+,26+,28?,29-,31+,44?/m1/s1. The Morgan fingerprint density at radius 2 is 1.82 bits per heavy atom. The number of halogens is 6. The SMILES string of the molecule is C[C@]12CC[C@@H]3c4c(F)cc(O)cc4C[C@@H](CCCCCN4CCC[C@H]4CS(=O)CCCC(F)(F)C(F)(F)F)[C@H]3[C@@H]1CCC2O. The van der Waals surface area contributed by atoms with E-state index in [1.165, 1.54) is 6.07 Å². The van der Waals surface area contributed by atoms with Gasteiger partial charge in [0.2, 0.25) is 0 Å². The van der Waals surface area contributed by atoms with Gasteiger partial charge in [0.15, 0.2) is 0 Å². The lowest BCUT2D eigenvalue weighted by Gasteiger charge is -2.53. The molecular formula is C33H47F6NO3S. The van der Waals surface area contributed by atoms with E-state index in [1.807, 2.05) is 0 Å². The van der Waals surface area contributed by atoms with Gasteiger partial charge >= 0.3 is 12.1 Å². The first-order valence-corrected chi connectivity index (χ1v) is 17.9. The third-order valence-corrected chi connectivity index (χ3v) is 13.1. The zero-order chi connectivity index (χ0) is 31.9. The minimum atomic E-state index is -5.57. The second kappa shape index (κ2) is 13.4. The van der Waals surface area contributed by atoms with Gasteiger partial charge in [0.25, 0.3) is 0 Å². The van der Waals surface area contributed by atoms with Crippen LogP contribution in [0.2, 0.25) is 0 Å². The second-order valence-electron chi connectivity index (χ2n) is 14.2. The Morgan fingerprint density at radius 3 is 2.57 bits per heavy atom. The molecule has 0 spiro atoms. The fourth-order valence-electron chi connectivity index (χ4n) is 9.29. The number of benzene rings is 1. The van der Waals surface area contributed by atoms with Crippen LogP contribution in [0.25, 0.3) is 0 Å². The number of nitrogens with zero attached hydrogens (tertiary/aromatic N) is 1. The van der Waals surface area contributed by atoms with E-state index in [0.717, 1.165) is 94.8 Å². The Hall–Kier alpha value is -1.33. The molecule has 1 aromatic rings. The summed E-state index contributed by atoms with van der Waals surface area (Å²) >= 11 is 0. The number of alkyl halides is 5. The molecule has 1 aromatic carbocycles. The molecule has 44 heavy (non-hydrogen) atoms. The predicted molar refractivity (Wildman–Crippen MR) is 159 cm³/mol. The largest absolute Gasteiger partial charge is 0.508 e. The average Bonchev–Trinajstić information content (AvgIpc) is 3.49. The highest BCUT2D eigenvalue weighted by Gasteiger charge is 2.57. The molecule has 11 heteroatoms. The molecule has 4 nitrogen and oxygen atoms in total. The lowest BCUT2D eigenvalue weighted by atomic mass is 9.52. The Labute approximate surface area is 259 Å². The van der Waals surface area contributed by atoms with Gasteiger partial charge in [-0.15, -0.1) is 0 Å². The molecule has 0 aromatic heterocycles. The highest BCUT2D eigenvalue weighted by Crippen LogP contribution is 2.63. The van der Waals surface area contributed by atoms with Crippen LogP contribution >= 0.6 is 0 Å². The Bertz CT molecular complexity index is 1180. The van der Waals surface area contributed by atoms with Crippen molar-refractivity contribution in [3.8, 4) is 5.75 Å². The van der Waals surface area contributed by atoms with Crippen LogP contribution in [0, 0.1) is 29.0 Å². The van der Waals surface area contributed by atoms with Crippen molar-refractivity contribution in [1.82, 2.24) is 4.90 Å². The van der Waals surface area contributed by atoms with E-state index in [4.69, 9.17) is 0 Å². The van der Waals surface area contributed by atoms with E-state index in [1.54, 1.807) is 6.07 Å². The summed E-state index contributed by atoms with van der Waals surface area (Å²) in [5.41, 5.74) is 1.57. The van der Waals surface area contributed by atoms with Crippen LogP contribution in [0.15, 0.2) is 12.1 Å². The molecule has 2 N–H and O–H groups in total. The molecule has 1 aliphatic heterocycles. The van der Waals surface area contributed by atoms with Crippen molar-refractivity contribution in [2.45, 2.75) is 121 Å². The van der Waals surface area contributed by atoms with Crippen molar-refractivity contribution in [3.63, 3.8) is 0 Å². The summed E-state index contributed by atoms with van der Waals surface area (Å²) in [7, 11) is -1.44. The monoisotopic (exact) mass is 651 g/mol. The molecule has 1 saturated heterocycles. The molecule has 3 fully saturated rings. The summed E-state index contributed by atoms with van der Waals surface area (Å²) in [5, 5.41) is 21.0. The summed E-state index contributed by atoms with van der Waals surface area (Å²) in [6.45, 7) is 3.91. The number of aliphatic hydroxyl groups is 1. The summed E-state index contributed by atoms with van der Waals surface area (Å²) < 4.78 is 91.2. The van der Waals surface area contributed by atoms with E-state index in [-0.39, 0.29) is 40.8 Å². The maximum absolute atomic E-state index is 15.2. The van der Waals surface area contributed by atoms with Crippen molar-refractivity contribution in [2.24, 2.45) is 23.2 Å². The van der Waals surface area contributed by atoms with E-state index in [9.17, 15) is 36.4 Å². The van der Waals surface area contributed by atoms with Gasteiger partial charge in [0, 0.05) is 40.8 Å². The molecule has 4 aliphatic rings. The number of fused-ring (bicyclic) bond motifs is 5.